The van der Waals surface area contributed by atoms with Gasteiger partial charge in [-0.25, -0.2) is 4.68 Å². The van der Waals surface area contributed by atoms with Gasteiger partial charge < -0.3 is 5.11 Å². The fourth-order valence-corrected chi connectivity index (χ4v) is 2.14. The summed E-state index contributed by atoms with van der Waals surface area (Å²) in [4.78, 5) is 11.4. The van der Waals surface area contributed by atoms with E-state index in [2.05, 4.69) is 21.6 Å². The zero-order valence-corrected chi connectivity index (χ0v) is 12.6. The number of tetrazole rings is 1. The van der Waals surface area contributed by atoms with Gasteiger partial charge in [0.1, 0.15) is 0 Å². The van der Waals surface area contributed by atoms with E-state index in [4.69, 9.17) is 0 Å². The van der Waals surface area contributed by atoms with Crippen molar-refractivity contribution < 1.29 is 9.90 Å². The van der Waals surface area contributed by atoms with E-state index in [9.17, 15) is 9.90 Å². The second kappa shape index (κ2) is 6.03. The Morgan fingerprint density at radius 3 is 2.81 bits per heavy atom. The molecule has 0 aliphatic carbocycles. The van der Waals surface area contributed by atoms with Crippen molar-refractivity contribution in [1.29, 1.82) is 0 Å². The molecule has 21 heavy (non-hydrogen) atoms. The molecule has 2 rings (SSSR count). The SMILES string of the molecule is CCC(C)(Cn1nnnc1Cc1cccc(C)c1)C(=O)O. The molecular weight excluding hydrogens is 268 g/mol. The minimum atomic E-state index is -0.864. The van der Waals surface area contributed by atoms with Gasteiger partial charge in [-0.15, -0.1) is 5.10 Å². The summed E-state index contributed by atoms with van der Waals surface area (Å²) in [5.41, 5.74) is 1.42. The molecule has 0 saturated carbocycles. The van der Waals surface area contributed by atoms with Gasteiger partial charge in [-0.05, 0) is 36.3 Å². The number of carboxylic acid groups (broad SMARTS) is 1. The molecule has 0 saturated heterocycles. The molecule has 6 heteroatoms. The average Bonchev–Trinajstić information content (AvgIpc) is 2.85. The zero-order valence-electron chi connectivity index (χ0n) is 12.6. The van der Waals surface area contributed by atoms with Gasteiger partial charge in [0.25, 0.3) is 0 Å². The van der Waals surface area contributed by atoms with Gasteiger partial charge in [0.05, 0.1) is 12.0 Å². The number of aliphatic carboxylic acids is 1. The number of carboxylic acids is 1. The lowest BCUT2D eigenvalue weighted by molar-refractivity contribution is -0.149. The molecule has 6 nitrogen and oxygen atoms in total. The third-order valence-corrected chi connectivity index (χ3v) is 3.85. The maximum atomic E-state index is 11.4. The zero-order chi connectivity index (χ0) is 15.5. The van der Waals surface area contributed by atoms with Crippen LogP contribution < -0.4 is 0 Å². The summed E-state index contributed by atoms with van der Waals surface area (Å²) in [6.07, 6.45) is 1.11. The molecule has 0 fully saturated rings. The van der Waals surface area contributed by atoms with Gasteiger partial charge in [0.15, 0.2) is 5.82 Å². The van der Waals surface area contributed by atoms with Crippen LogP contribution in [0.25, 0.3) is 0 Å². The topological polar surface area (TPSA) is 80.9 Å². The van der Waals surface area contributed by atoms with Crippen molar-refractivity contribution >= 4 is 5.97 Å². The monoisotopic (exact) mass is 288 g/mol. The number of rotatable bonds is 6. The van der Waals surface area contributed by atoms with Gasteiger partial charge >= 0.3 is 5.97 Å². The fourth-order valence-electron chi connectivity index (χ4n) is 2.14. The first kappa shape index (κ1) is 15.2. The third-order valence-electron chi connectivity index (χ3n) is 3.85. The molecule has 0 spiro atoms. The lowest BCUT2D eigenvalue weighted by atomic mass is 9.88. The standard InChI is InChI=1S/C15H20N4O2/c1-4-15(3,14(20)21)10-19-13(16-17-18-19)9-12-7-5-6-11(2)8-12/h5-8H,4,9-10H2,1-3H3,(H,20,21). The molecule has 1 aromatic heterocycles. The first-order valence-electron chi connectivity index (χ1n) is 6.98. The number of hydrogen-bond donors (Lipinski definition) is 1. The van der Waals surface area contributed by atoms with Crippen molar-refractivity contribution in [2.45, 2.75) is 40.2 Å². The maximum Gasteiger partial charge on any atom is 0.311 e. The Kier molecular flexibility index (Phi) is 4.35. The summed E-state index contributed by atoms with van der Waals surface area (Å²) < 4.78 is 1.60. The molecule has 0 amide bonds. The van der Waals surface area contributed by atoms with Crippen LogP contribution in [0.15, 0.2) is 24.3 Å². The first-order chi connectivity index (χ1) is 9.94. The summed E-state index contributed by atoms with van der Waals surface area (Å²) in [6.45, 7) is 5.88. The highest BCUT2D eigenvalue weighted by Crippen LogP contribution is 2.24. The highest BCUT2D eigenvalue weighted by molar-refractivity contribution is 5.73. The third kappa shape index (κ3) is 3.45. The molecule has 0 aliphatic rings. The average molecular weight is 288 g/mol. The van der Waals surface area contributed by atoms with E-state index in [-0.39, 0.29) is 6.54 Å². The van der Waals surface area contributed by atoms with Gasteiger partial charge in [-0.2, -0.15) is 0 Å². The van der Waals surface area contributed by atoms with Crippen molar-refractivity contribution in [2.75, 3.05) is 0 Å². The molecule has 1 atom stereocenters. The van der Waals surface area contributed by atoms with Gasteiger partial charge in [0, 0.05) is 6.42 Å². The Morgan fingerprint density at radius 1 is 1.43 bits per heavy atom. The van der Waals surface area contributed by atoms with Crippen LogP contribution in [-0.4, -0.2) is 31.3 Å². The van der Waals surface area contributed by atoms with Crippen LogP contribution in [0.5, 0.6) is 0 Å². The lowest BCUT2D eigenvalue weighted by Gasteiger charge is -2.22. The largest absolute Gasteiger partial charge is 0.481 e. The fraction of sp³-hybridized carbons (Fsp3) is 0.467. The highest BCUT2D eigenvalue weighted by atomic mass is 16.4. The van der Waals surface area contributed by atoms with Crippen LogP contribution in [0.4, 0.5) is 0 Å². The van der Waals surface area contributed by atoms with Crippen LogP contribution in [-0.2, 0) is 17.8 Å². The van der Waals surface area contributed by atoms with Gasteiger partial charge in [-0.3, -0.25) is 4.79 Å². The molecular formula is C15H20N4O2. The molecule has 0 radical (unpaired) electrons. The van der Waals surface area contributed by atoms with Crippen LogP contribution in [0.1, 0.15) is 37.2 Å². The number of benzene rings is 1. The van der Waals surface area contributed by atoms with E-state index in [1.54, 1.807) is 11.6 Å². The summed E-state index contributed by atoms with van der Waals surface area (Å²) in [5, 5.41) is 21.0. The number of hydrogen-bond acceptors (Lipinski definition) is 4. The molecule has 0 aliphatic heterocycles. The molecule has 1 unspecified atom stereocenters. The van der Waals surface area contributed by atoms with Gasteiger partial charge in [-0.1, -0.05) is 36.8 Å². The predicted molar refractivity (Wildman–Crippen MR) is 77.8 cm³/mol. The summed E-state index contributed by atoms with van der Waals surface area (Å²) >= 11 is 0. The van der Waals surface area contributed by atoms with Crippen molar-refractivity contribution in [3.63, 3.8) is 0 Å². The van der Waals surface area contributed by atoms with Gasteiger partial charge in [0.2, 0.25) is 0 Å². The van der Waals surface area contributed by atoms with Crippen molar-refractivity contribution in [2.24, 2.45) is 5.41 Å². The van der Waals surface area contributed by atoms with Crippen molar-refractivity contribution in [3.05, 3.63) is 41.2 Å². The molecule has 1 heterocycles. The Balaban J connectivity index is 2.21. The lowest BCUT2D eigenvalue weighted by Crippen LogP contribution is -2.33. The normalized spacial score (nSPS) is 13.9. The molecule has 112 valence electrons. The maximum absolute atomic E-state index is 11.4. The first-order valence-corrected chi connectivity index (χ1v) is 6.98. The van der Waals surface area contributed by atoms with E-state index >= 15 is 0 Å². The number of aryl methyl sites for hydroxylation is 1. The molecule has 0 bridgehead atoms. The quantitative estimate of drug-likeness (QED) is 0.880. The van der Waals surface area contributed by atoms with E-state index in [1.807, 2.05) is 32.0 Å². The van der Waals surface area contributed by atoms with Crippen LogP contribution in [0.2, 0.25) is 0 Å². The smallest absolute Gasteiger partial charge is 0.311 e. The molecule has 1 aromatic carbocycles. The molecule has 1 N–H and O–H groups in total. The van der Waals surface area contributed by atoms with Crippen molar-refractivity contribution in [1.82, 2.24) is 20.2 Å². The highest BCUT2D eigenvalue weighted by Gasteiger charge is 2.33. The van der Waals surface area contributed by atoms with E-state index in [1.165, 1.54) is 5.56 Å². The van der Waals surface area contributed by atoms with Crippen LogP contribution >= 0.6 is 0 Å². The predicted octanol–water partition coefficient (Wildman–Crippen LogP) is 2.07. The minimum absolute atomic E-state index is 0.271. The Bertz CT molecular complexity index is 638. The minimum Gasteiger partial charge on any atom is -0.481 e. The summed E-state index contributed by atoms with van der Waals surface area (Å²) in [6, 6.07) is 8.12. The number of nitrogens with zero attached hydrogens (tertiary/aromatic N) is 4. The Morgan fingerprint density at radius 2 is 2.19 bits per heavy atom. The van der Waals surface area contributed by atoms with E-state index in [0.717, 1.165) is 5.56 Å². The summed E-state index contributed by atoms with van der Waals surface area (Å²) in [5.74, 6) is -0.150. The van der Waals surface area contributed by atoms with Crippen LogP contribution in [0.3, 0.4) is 0 Å². The van der Waals surface area contributed by atoms with E-state index < -0.39 is 11.4 Å². The number of aromatic nitrogens is 4. The second-order valence-corrected chi connectivity index (χ2v) is 5.64. The van der Waals surface area contributed by atoms with Crippen LogP contribution in [0, 0.1) is 12.3 Å². The van der Waals surface area contributed by atoms with E-state index in [0.29, 0.717) is 18.7 Å². The second-order valence-electron chi connectivity index (χ2n) is 5.64. The van der Waals surface area contributed by atoms with Crippen molar-refractivity contribution in [3.8, 4) is 0 Å². The summed E-state index contributed by atoms with van der Waals surface area (Å²) in [7, 11) is 0. The Hall–Kier alpha value is -2.24. The molecule has 2 aromatic rings. The number of carbonyl (C=O) groups is 1. The Labute approximate surface area is 123 Å².